The lowest BCUT2D eigenvalue weighted by atomic mass is 10.1. The zero-order chi connectivity index (χ0) is 10.5. The fourth-order valence-corrected chi connectivity index (χ4v) is 1.75. The molecule has 1 unspecified atom stereocenters. The maximum absolute atomic E-state index is 10.5. The van der Waals surface area contributed by atoms with E-state index >= 15 is 0 Å². The van der Waals surface area contributed by atoms with Gasteiger partial charge in [-0.05, 0) is 25.3 Å². The molecular weight excluding hydrogens is 192 g/mol. The predicted octanol–water partition coefficient (Wildman–Crippen LogP) is 1.40. The first-order valence-electron chi connectivity index (χ1n) is 5.27. The van der Waals surface area contributed by atoms with Gasteiger partial charge in [0.2, 0.25) is 0 Å². The Morgan fingerprint density at radius 1 is 1.53 bits per heavy atom. The second kappa shape index (κ2) is 4.98. The molecule has 1 aromatic rings. The minimum atomic E-state index is 0.223. The van der Waals surface area contributed by atoms with Gasteiger partial charge in [0.05, 0.1) is 6.10 Å². The molecular formula is C11H14N2O2. The Morgan fingerprint density at radius 2 is 2.47 bits per heavy atom. The monoisotopic (exact) mass is 206 g/mol. The molecule has 0 bridgehead atoms. The standard InChI is InChI=1S/C11H14N2O2/c14-8-9-4-5-12-11(13-9)7-10-3-1-2-6-15-10/h4-5,8,10H,1-3,6-7H2. The second-order valence-electron chi connectivity index (χ2n) is 3.71. The summed E-state index contributed by atoms with van der Waals surface area (Å²) in [6.07, 6.45) is 6.71. The summed E-state index contributed by atoms with van der Waals surface area (Å²) in [7, 11) is 0. The molecule has 0 saturated carbocycles. The van der Waals surface area contributed by atoms with Crippen LogP contribution in [-0.4, -0.2) is 29.0 Å². The minimum Gasteiger partial charge on any atom is -0.378 e. The summed E-state index contributed by atoms with van der Waals surface area (Å²) in [4.78, 5) is 18.8. The van der Waals surface area contributed by atoms with Crippen molar-refractivity contribution in [2.24, 2.45) is 0 Å². The Hall–Kier alpha value is -1.29. The van der Waals surface area contributed by atoms with Crippen molar-refractivity contribution in [2.45, 2.75) is 31.8 Å². The van der Waals surface area contributed by atoms with Crippen LogP contribution in [0, 0.1) is 0 Å². The molecule has 0 aromatic carbocycles. The van der Waals surface area contributed by atoms with Gasteiger partial charge >= 0.3 is 0 Å². The molecule has 1 fully saturated rings. The van der Waals surface area contributed by atoms with Crippen LogP contribution >= 0.6 is 0 Å². The summed E-state index contributed by atoms with van der Waals surface area (Å²) < 4.78 is 5.59. The zero-order valence-corrected chi connectivity index (χ0v) is 8.56. The number of hydrogen-bond donors (Lipinski definition) is 0. The first-order valence-corrected chi connectivity index (χ1v) is 5.27. The van der Waals surface area contributed by atoms with Gasteiger partial charge in [-0.3, -0.25) is 4.79 Å². The highest BCUT2D eigenvalue weighted by molar-refractivity contribution is 5.71. The number of carbonyl (C=O) groups is 1. The molecule has 0 N–H and O–H groups in total. The highest BCUT2D eigenvalue weighted by Crippen LogP contribution is 2.15. The Morgan fingerprint density at radius 3 is 3.20 bits per heavy atom. The van der Waals surface area contributed by atoms with E-state index in [9.17, 15) is 4.79 Å². The highest BCUT2D eigenvalue weighted by atomic mass is 16.5. The molecule has 1 aliphatic heterocycles. The van der Waals surface area contributed by atoms with Gasteiger partial charge in [0, 0.05) is 19.2 Å². The minimum absolute atomic E-state index is 0.223. The summed E-state index contributed by atoms with van der Waals surface area (Å²) in [5, 5.41) is 0. The molecule has 0 radical (unpaired) electrons. The quantitative estimate of drug-likeness (QED) is 0.701. The van der Waals surface area contributed by atoms with Gasteiger partial charge in [0.1, 0.15) is 11.5 Å². The van der Waals surface area contributed by atoms with E-state index in [0.29, 0.717) is 17.9 Å². The van der Waals surface area contributed by atoms with Crippen LogP contribution in [0.5, 0.6) is 0 Å². The summed E-state index contributed by atoms with van der Waals surface area (Å²) in [5.41, 5.74) is 0.441. The van der Waals surface area contributed by atoms with Gasteiger partial charge in [-0.1, -0.05) is 0 Å². The van der Waals surface area contributed by atoms with Crippen molar-refractivity contribution in [3.8, 4) is 0 Å². The number of ether oxygens (including phenoxy) is 1. The first kappa shape index (κ1) is 10.2. The molecule has 1 aromatic heterocycles. The van der Waals surface area contributed by atoms with Crippen molar-refractivity contribution in [2.75, 3.05) is 6.61 Å². The molecule has 4 nitrogen and oxygen atoms in total. The molecule has 1 aliphatic rings. The van der Waals surface area contributed by atoms with Crippen molar-refractivity contribution in [3.63, 3.8) is 0 Å². The van der Waals surface area contributed by atoms with E-state index in [4.69, 9.17) is 4.74 Å². The predicted molar refractivity (Wildman–Crippen MR) is 54.7 cm³/mol. The fraction of sp³-hybridized carbons (Fsp3) is 0.545. The molecule has 2 heterocycles. The molecule has 0 aliphatic carbocycles. The Kier molecular flexibility index (Phi) is 3.40. The number of rotatable bonds is 3. The highest BCUT2D eigenvalue weighted by Gasteiger charge is 2.15. The lowest BCUT2D eigenvalue weighted by Crippen LogP contribution is -2.22. The van der Waals surface area contributed by atoms with Crippen molar-refractivity contribution in [3.05, 3.63) is 23.8 Å². The molecule has 1 saturated heterocycles. The largest absolute Gasteiger partial charge is 0.378 e. The average Bonchev–Trinajstić information content (AvgIpc) is 2.31. The Labute approximate surface area is 88.7 Å². The fourth-order valence-electron chi connectivity index (χ4n) is 1.75. The topological polar surface area (TPSA) is 52.1 Å². The first-order chi connectivity index (χ1) is 7.38. The normalized spacial score (nSPS) is 21.2. The number of aldehydes is 1. The number of nitrogens with zero attached hydrogens (tertiary/aromatic N) is 2. The van der Waals surface area contributed by atoms with Crippen LogP contribution in [0.2, 0.25) is 0 Å². The molecule has 80 valence electrons. The smallest absolute Gasteiger partial charge is 0.168 e. The van der Waals surface area contributed by atoms with Crippen molar-refractivity contribution in [1.29, 1.82) is 0 Å². The molecule has 4 heteroatoms. The molecule has 0 spiro atoms. The third-order valence-corrected chi connectivity index (χ3v) is 2.53. The molecule has 2 rings (SSSR count). The number of carbonyl (C=O) groups excluding carboxylic acids is 1. The van der Waals surface area contributed by atoms with E-state index in [2.05, 4.69) is 9.97 Å². The number of aromatic nitrogens is 2. The van der Waals surface area contributed by atoms with Crippen LogP contribution in [0.15, 0.2) is 12.3 Å². The zero-order valence-electron chi connectivity index (χ0n) is 8.56. The van der Waals surface area contributed by atoms with E-state index in [0.717, 1.165) is 25.7 Å². The lowest BCUT2D eigenvalue weighted by molar-refractivity contribution is 0.0156. The van der Waals surface area contributed by atoms with Gasteiger partial charge in [-0.25, -0.2) is 9.97 Å². The maximum Gasteiger partial charge on any atom is 0.168 e. The van der Waals surface area contributed by atoms with E-state index in [1.807, 2.05) is 0 Å². The van der Waals surface area contributed by atoms with Crippen molar-refractivity contribution in [1.82, 2.24) is 9.97 Å². The molecule has 15 heavy (non-hydrogen) atoms. The van der Waals surface area contributed by atoms with Crippen LogP contribution in [0.3, 0.4) is 0 Å². The molecule has 1 atom stereocenters. The SMILES string of the molecule is O=Cc1ccnc(CC2CCCCO2)n1. The van der Waals surface area contributed by atoms with Crippen LogP contribution in [-0.2, 0) is 11.2 Å². The third kappa shape index (κ3) is 2.83. The van der Waals surface area contributed by atoms with Crippen LogP contribution in [0.25, 0.3) is 0 Å². The summed E-state index contributed by atoms with van der Waals surface area (Å²) in [6, 6.07) is 1.61. The summed E-state index contributed by atoms with van der Waals surface area (Å²) >= 11 is 0. The van der Waals surface area contributed by atoms with Crippen LogP contribution < -0.4 is 0 Å². The van der Waals surface area contributed by atoms with E-state index in [1.165, 1.54) is 6.42 Å². The van der Waals surface area contributed by atoms with E-state index < -0.39 is 0 Å². The average molecular weight is 206 g/mol. The van der Waals surface area contributed by atoms with Gasteiger partial charge < -0.3 is 4.74 Å². The van der Waals surface area contributed by atoms with Crippen molar-refractivity contribution >= 4 is 6.29 Å². The lowest BCUT2D eigenvalue weighted by Gasteiger charge is -2.21. The Balaban J connectivity index is 1.99. The molecule has 0 amide bonds. The maximum atomic E-state index is 10.5. The van der Waals surface area contributed by atoms with Crippen molar-refractivity contribution < 1.29 is 9.53 Å². The van der Waals surface area contributed by atoms with Gasteiger partial charge in [-0.2, -0.15) is 0 Å². The number of hydrogen-bond acceptors (Lipinski definition) is 4. The second-order valence-corrected chi connectivity index (χ2v) is 3.71. The van der Waals surface area contributed by atoms with Gasteiger partial charge in [-0.15, -0.1) is 0 Å². The van der Waals surface area contributed by atoms with E-state index in [-0.39, 0.29) is 6.10 Å². The Bertz CT molecular complexity index is 335. The summed E-state index contributed by atoms with van der Waals surface area (Å²) in [5.74, 6) is 0.700. The van der Waals surface area contributed by atoms with E-state index in [1.54, 1.807) is 12.3 Å². The third-order valence-electron chi connectivity index (χ3n) is 2.53. The van der Waals surface area contributed by atoms with Gasteiger partial charge in [0.25, 0.3) is 0 Å². The summed E-state index contributed by atoms with van der Waals surface area (Å²) in [6.45, 7) is 0.831. The van der Waals surface area contributed by atoms with Gasteiger partial charge in [0.15, 0.2) is 6.29 Å². The van der Waals surface area contributed by atoms with Crippen LogP contribution in [0.4, 0.5) is 0 Å². The van der Waals surface area contributed by atoms with Crippen LogP contribution in [0.1, 0.15) is 35.6 Å².